The van der Waals surface area contributed by atoms with Crippen LogP contribution < -0.4 is 10.3 Å². The normalized spacial score (nSPS) is 15.2. The number of anilines is 1. The van der Waals surface area contributed by atoms with Crippen LogP contribution in [-0.4, -0.2) is 48.1 Å². The van der Waals surface area contributed by atoms with Gasteiger partial charge in [-0.2, -0.15) is 8.88 Å². The van der Waals surface area contributed by atoms with Gasteiger partial charge < -0.3 is 30.6 Å². The van der Waals surface area contributed by atoms with Crippen LogP contribution in [0.4, 0.5) is 5.82 Å². The van der Waals surface area contributed by atoms with E-state index in [0.29, 0.717) is 27.0 Å². The maximum Gasteiger partial charge on any atom is 0.481 e. The van der Waals surface area contributed by atoms with E-state index in [1.165, 1.54) is 0 Å². The SMILES string of the molecule is Cc1ncc(C[n+]2c(C(O)CO)sc(CCOP(=O)(O)OP(=O)(O)O)c2C)c(N)n1. The smallest absolute Gasteiger partial charge is 0.393 e. The van der Waals surface area contributed by atoms with E-state index >= 15 is 0 Å². The molecule has 0 radical (unpaired) electrons. The van der Waals surface area contributed by atoms with Crippen LogP contribution in [0.2, 0.25) is 0 Å². The topological polar surface area (TPSA) is 209 Å². The zero-order valence-electron chi connectivity index (χ0n) is 16.1. The largest absolute Gasteiger partial charge is 0.481 e. The van der Waals surface area contributed by atoms with Crippen LogP contribution >= 0.6 is 27.0 Å². The summed E-state index contributed by atoms with van der Waals surface area (Å²) in [4.78, 5) is 35.4. The minimum atomic E-state index is -5.20. The van der Waals surface area contributed by atoms with E-state index < -0.39 is 28.4 Å². The van der Waals surface area contributed by atoms with Gasteiger partial charge in [-0.15, -0.1) is 0 Å². The van der Waals surface area contributed by atoms with E-state index in [2.05, 4.69) is 18.8 Å². The van der Waals surface area contributed by atoms with E-state index in [1.54, 1.807) is 24.6 Å². The molecule has 2 heterocycles. The number of phosphoric acid groups is 2. The summed E-state index contributed by atoms with van der Waals surface area (Å²) in [6.45, 7) is 2.71. The van der Waals surface area contributed by atoms with Crippen molar-refractivity contribution in [2.45, 2.75) is 32.9 Å². The van der Waals surface area contributed by atoms with Crippen LogP contribution in [0.5, 0.6) is 0 Å². The number of hydrogen-bond donors (Lipinski definition) is 6. The average molecular weight is 485 g/mol. The molecule has 2 aromatic heterocycles. The third-order valence-electron chi connectivity index (χ3n) is 3.90. The summed E-state index contributed by atoms with van der Waals surface area (Å²) in [5.41, 5.74) is 7.19. The second kappa shape index (κ2) is 9.88. The molecule has 0 spiro atoms. The lowest BCUT2D eigenvalue weighted by Crippen LogP contribution is -2.41. The molecule has 0 bridgehead atoms. The quantitative estimate of drug-likeness (QED) is 0.192. The molecule has 0 aliphatic heterocycles. The molecule has 0 saturated carbocycles. The Morgan fingerprint density at radius 2 is 1.97 bits per heavy atom. The van der Waals surface area contributed by atoms with Gasteiger partial charge in [-0.1, -0.05) is 11.3 Å². The molecule has 2 unspecified atom stereocenters. The molecule has 30 heavy (non-hydrogen) atoms. The van der Waals surface area contributed by atoms with Crippen LogP contribution in [0.25, 0.3) is 0 Å². The van der Waals surface area contributed by atoms with Crippen molar-refractivity contribution in [2.75, 3.05) is 18.9 Å². The van der Waals surface area contributed by atoms with Gasteiger partial charge in [0.1, 0.15) is 11.6 Å². The molecule has 13 nitrogen and oxygen atoms in total. The van der Waals surface area contributed by atoms with E-state index in [4.69, 9.17) is 15.5 Å². The minimum Gasteiger partial charge on any atom is -0.393 e. The van der Waals surface area contributed by atoms with Gasteiger partial charge in [-0.25, -0.2) is 19.1 Å². The zero-order valence-corrected chi connectivity index (χ0v) is 18.7. The number of thiazole rings is 1. The number of nitrogens with two attached hydrogens (primary N) is 1. The van der Waals surface area contributed by atoms with E-state index in [0.717, 1.165) is 11.3 Å². The number of aliphatic hydroxyl groups excluding tert-OH is 2. The highest BCUT2D eigenvalue weighted by molar-refractivity contribution is 7.60. The maximum absolute atomic E-state index is 11.6. The molecule has 0 aliphatic carbocycles. The lowest BCUT2D eigenvalue weighted by Gasteiger charge is -2.11. The van der Waals surface area contributed by atoms with Crippen molar-refractivity contribution in [1.29, 1.82) is 0 Å². The second-order valence-corrected chi connectivity index (χ2v) is 10.1. The number of rotatable bonds is 10. The van der Waals surface area contributed by atoms with Gasteiger partial charge >= 0.3 is 15.6 Å². The van der Waals surface area contributed by atoms with Crippen LogP contribution in [-0.2, 0) is 30.9 Å². The highest BCUT2D eigenvalue weighted by atomic mass is 32.1. The molecule has 0 amide bonds. The number of hydrogen-bond acceptors (Lipinski definition) is 10. The van der Waals surface area contributed by atoms with Crippen molar-refractivity contribution in [3.05, 3.63) is 33.2 Å². The summed E-state index contributed by atoms with van der Waals surface area (Å²) >= 11 is 1.14. The molecule has 7 N–H and O–H groups in total. The summed E-state index contributed by atoms with van der Waals surface area (Å²) in [5.74, 6) is 0.772. The van der Waals surface area contributed by atoms with Crippen molar-refractivity contribution >= 4 is 32.8 Å². The first-order chi connectivity index (χ1) is 13.8. The number of nitrogens with zero attached hydrogens (tertiary/aromatic N) is 3. The third kappa shape index (κ3) is 6.86. The van der Waals surface area contributed by atoms with Crippen molar-refractivity contribution in [2.24, 2.45) is 0 Å². The standard InChI is InChI=1S/C14H22N4O9P2S/c1-8-12(3-4-26-29(24,25)27-28(21,22)23)30-14(11(20)7-19)18(8)6-10-5-16-9(2)17-13(10)15/h5,11,19-20H,3-4,6-7H2,1-2H3,(H4-,15,16,17,21,22,23,24,25)/p+1. The van der Waals surface area contributed by atoms with Gasteiger partial charge in [0.25, 0.3) is 5.01 Å². The third-order valence-corrected chi connectivity index (χ3v) is 7.53. The molecule has 16 heteroatoms. The first-order valence-corrected chi connectivity index (χ1v) is 12.3. The summed E-state index contributed by atoms with van der Waals surface area (Å²) in [6, 6.07) is 0. The predicted octanol–water partition coefficient (Wildman–Crippen LogP) is -0.133. The molecule has 0 saturated heterocycles. The molecule has 168 valence electrons. The Morgan fingerprint density at radius 3 is 2.53 bits per heavy atom. The summed E-state index contributed by atoms with van der Waals surface area (Å²) < 4.78 is 32.3. The second-order valence-electron chi connectivity index (χ2n) is 6.19. The number of aryl methyl sites for hydroxylation is 1. The zero-order chi connectivity index (χ0) is 22.7. The summed E-state index contributed by atoms with van der Waals surface area (Å²) in [6.07, 6.45) is 0.447. The maximum atomic E-state index is 11.6. The van der Waals surface area contributed by atoms with E-state index in [9.17, 15) is 24.2 Å². The van der Waals surface area contributed by atoms with Gasteiger partial charge in [0.05, 0.1) is 23.7 Å². The van der Waals surface area contributed by atoms with Gasteiger partial charge in [0.15, 0.2) is 18.3 Å². The average Bonchev–Trinajstić information content (AvgIpc) is 2.90. The van der Waals surface area contributed by atoms with E-state index in [-0.39, 0.29) is 25.4 Å². The molecule has 2 rings (SSSR count). The minimum absolute atomic E-state index is 0.0730. The highest BCUT2D eigenvalue weighted by Gasteiger charge is 2.33. The van der Waals surface area contributed by atoms with Crippen molar-refractivity contribution in [3.8, 4) is 0 Å². The Hall–Kier alpha value is -1.31. The fraction of sp³-hybridized carbons (Fsp3) is 0.500. The summed E-state index contributed by atoms with van der Waals surface area (Å²) in [5, 5.41) is 20.0. The first-order valence-electron chi connectivity index (χ1n) is 8.46. The number of aromatic nitrogens is 3. The Labute approximate surface area is 175 Å². The molecular formula is C14H23N4O9P2S+. The van der Waals surface area contributed by atoms with Crippen LogP contribution in [0.15, 0.2) is 6.20 Å². The Balaban J connectivity index is 2.23. The summed E-state index contributed by atoms with van der Waals surface area (Å²) in [7, 11) is -10.2. The monoisotopic (exact) mass is 485 g/mol. The number of nitrogen functional groups attached to an aromatic ring is 1. The van der Waals surface area contributed by atoms with Crippen LogP contribution in [0.1, 0.15) is 33.1 Å². The fourth-order valence-electron chi connectivity index (χ4n) is 2.54. The molecule has 0 aliphatic rings. The van der Waals surface area contributed by atoms with Gasteiger partial charge in [-0.05, 0) is 6.92 Å². The van der Waals surface area contributed by atoms with Crippen molar-refractivity contribution in [3.63, 3.8) is 0 Å². The number of aliphatic hydroxyl groups is 2. The van der Waals surface area contributed by atoms with Gasteiger partial charge in [0.2, 0.25) is 0 Å². The molecule has 0 aromatic carbocycles. The fourth-order valence-corrected chi connectivity index (χ4v) is 5.35. The van der Waals surface area contributed by atoms with Crippen molar-refractivity contribution < 1.29 is 47.4 Å². The lowest BCUT2D eigenvalue weighted by molar-refractivity contribution is -0.700. The van der Waals surface area contributed by atoms with Gasteiger partial charge in [-0.3, -0.25) is 4.52 Å². The molecule has 2 atom stereocenters. The molecule has 0 fully saturated rings. The first kappa shape index (κ1) is 25.0. The van der Waals surface area contributed by atoms with Gasteiger partial charge in [0, 0.05) is 19.5 Å². The van der Waals surface area contributed by atoms with E-state index in [1.807, 2.05) is 0 Å². The predicted molar refractivity (Wildman–Crippen MR) is 104 cm³/mol. The molecule has 2 aromatic rings. The Morgan fingerprint density at radius 1 is 1.30 bits per heavy atom. The Kier molecular flexibility index (Phi) is 8.22. The van der Waals surface area contributed by atoms with Crippen LogP contribution in [0, 0.1) is 13.8 Å². The highest BCUT2D eigenvalue weighted by Crippen LogP contribution is 2.57. The number of phosphoric ester groups is 1. The van der Waals surface area contributed by atoms with Crippen molar-refractivity contribution in [1.82, 2.24) is 9.97 Å². The Bertz CT molecular complexity index is 996. The molecular weight excluding hydrogens is 462 g/mol. The van der Waals surface area contributed by atoms with Crippen LogP contribution in [0.3, 0.4) is 0 Å². The lowest BCUT2D eigenvalue weighted by atomic mass is 10.2.